The van der Waals surface area contributed by atoms with Crippen LogP contribution in [-0.2, 0) is 0 Å². The van der Waals surface area contributed by atoms with Crippen LogP contribution in [0.3, 0.4) is 0 Å². The molecule has 0 aliphatic heterocycles. The summed E-state index contributed by atoms with van der Waals surface area (Å²) in [5.41, 5.74) is 0.826. The van der Waals surface area contributed by atoms with Crippen molar-refractivity contribution in [2.45, 2.75) is 182 Å². The lowest BCUT2D eigenvalue weighted by atomic mass is 9.68. The first-order valence-electron chi connectivity index (χ1n) is 25.6. The van der Waals surface area contributed by atoms with E-state index in [1.54, 1.807) is 24.3 Å². The van der Waals surface area contributed by atoms with E-state index >= 15 is 0 Å². The zero-order chi connectivity index (χ0) is 50.3. The molecule has 0 heterocycles. The van der Waals surface area contributed by atoms with E-state index in [2.05, 4.69) is 0 Å². The molecule has 12 heteroatoms. The number of benzene rings is 4. The van der Waals surface area contributed by atoms with E-state index in [1.165, 1.54) is 0 Å². The molecular formula is C56H80O12. The minimum Gasteiger partial charge on any atom is -0.504 e. The lowest BCUT2D eigenvalue weighted by Gasteiger charge is -2.36. The predicted octanol–water partition coefficient (Wildman–Crippen LogP) is 13.9. The van der Waals surface area contributed by atoms with Crippen LogP contribution in [0.5, 0.6) is 69.0 Å². The van der Waals surface area contributed by atoms with Crippen molar-refractivity contribution < 1.29 is 61.3 Å². The molecule has 1 aliphatic rings. The maximum absolute atomic E-state index is 12.2. The maximum atomic E-state index is 12.2. The fourth-order valence-corrected chi connectivity index (χ4v) is 12.2. The van der Waals surface area contributed by atoms with Crippen LogP contribution in [0.1, 0.15) is 226 Å². The number of hydrogen-bond acceptors (Lipinski definition) is 12. The van der Waals surface area contributed by atoms with E-state index in [9.17, 15) is 61.3 Å². The first kappa shape index (κ1) is 53.4. The summed E-state index contributed by atoms with van der Waals surface area (Å²) < 4.78 is 0. The Morgan fingerprint density at radius 2 is 0.353 bits per heavy atom. The Morgan fingerprint density at radius 3 is 0.456 bits per heavy atom. The van der Waals surface area contributed by atoms with Crippen molar-refractivity contribution in [3.05, 3.63) is 68.8 Å². The lowest BCUT2D eigenvalue weighted by Crippen LogP contribution is -2.21. The van der Waals surface area contributed by atoms with Crippen molar-refractivity contribution >= 4 is 0 Å². The Hall–Kier alpha value is -5.52. The quantitative estimate of drug-likeness (QED) is 0.0370. The highest BCUT2D eigenvalue weighted by Gasteiger charge is 2.42. The summed E-state index contributed by atoms with van der Waals surface area (Å²) in [6.07, 6.45) is 9.68. The summed E-state index contributed by atoms with van der Waals surface area (Å²) in [4.78, 5) is 0. The highest BCUT2D eigenvalue weighted by Crippen LogP contribution is 2.61. The normalized spacial score (nSPS) is 17.2. The molecule has 0 radical (unpaired) electrons. The van der Waals surface area contributed by atoms with Gasteiger partial charge in [0.1, 0.15) is 0 Å². The highest BCUT2D eigenvalue weighted by atomic mass is 16.3. The van der Waals surface area contributed by atoms with Crippen molar-refractivity contribution in [2.75, 3.05) is 0 Å². The number of fused-ring (bicyclic) bond motifs is 8. The molecule has 0 saturated carbocycles. The van der Waals surface area contributed by atoms with Gasteiger partial charge in [0.05, 0.1) is 0 Å². The number of phenolic OH excluding ortho intramolecular Hbond substituents is 12. The van der Waals surface area contributed by atoms with E-state index in [4.69, 9.17) is 0 Å². The van der Waals surface area contributed by atoms with Gasteiger partial charge < -0.3 is 61.3 Å². The zero-order valence-corrected chi connectivity index (χ0v) is 41.6. The fraction of sp³-hybridized carbons (Fsp3) is 0.571. The maximum Gasteiger partial charge on any atom is 0.200 e. The van der Waals surface area contributed by atoms with Gasteiger partial charge in [0, 0.05) is 68.2 Å². The minimum atomic E-state index is -1.01. The van der Waals surface area contributed by atoms with Crippen LogP contribution in [0, 0.1) is 23.7 Å². The fourth-order valence-electron chi connectivity index (χ4n) is 12.2. The molecule has 12 N–H and O–H groups in total. The molecule has 1 aliphatic carbocycles. The third kappa shape index (κ3) is 9.97. The monoisotopic (exact) mass is 945 g/mol. The van der Waals surface area contributed by atoms with Gasteiger partial charge in [-0.2, -0.15) is 0 Å². The Balaban J connectivity index is 2.22. The molecule has 4 aromatic carbocycles. The second kappa shape index (κ2) is 23.2. The topological polar surface area (TPSA) is 243 Å². The molecule has 0 unspecified atom stereocenters. The van der Waals surface area contributed by atoms with E-state index in [-0.39, 0.29) is 68.2 Å². The highest BCUT2D eigenvalue weighted by molar-refractivity contribution is 5.71. The summed E-state index contributed by atoms with van der Waals surface area (Å²) >= 11 is 0. The molecule has 5 rings (SSSR count). The Labute approximate surface area is 403 Å². The molecule has 68 heavy (non-hydrogen) atoms. The van der Waals surface area contributed by atoms with Gasteiger partial charge in [0.15, 0.2) is 46.0 Å². The van der Waals surface area contributed by atoms with E-state index in [0.717, 1.165) is 0 Å². The van der Waals surface area contributed by atoms with E-state index < -0.39 is 92.7 Å². The van der Waals surface area contributed by atoms with Gasteiger partial charge in [0.2, 0.25) is 23.0 Å². The summed E-state index contributed by atoms with van der Waals surface area (Å²) in [6, 6.07) is 6.32. The summed E-state index contributed by atoms with van der Waals surface area (Å²) in [5.74, 6) is -14.2. The first-order valence-corrected chi connectivity index (χ1v) is 25.6. The van der Waals surface area contributed by atoms with Gasteiger partial charge in [-0.05, 0) is 99.3 Å². The third-order valence-electron chi connectivity index (χ3n) is 15.1. The van der Waals surface area contributed by atoms with Crippen molar-refractivity contribution in [1.29, 1.82) is 0 Å². The smallest absolute Gasteiger partial charge is 0.200 e. The molecule has 376 valence electrons. The largest absolute Gasteiger partial charge is 0.504 e. The number of rotatable bonds is 20. The SMILES string of the molecule is CCCC(CCC)C1c2cc(c(O)c(O)c2O)C(C(CCC)CCC)c2cc(c(O)c(O)c2O)C(C(CCC)CCC)c2cc(c(O)c(O)c2O)C(C(CCC)CCC)c2cc1c(O)c(O)c2O. The molecule has 0 aromatic heterocycles. The summed E-state index contributed by atoms with van der Waals surface area (Å²) in [7, 11) is 0. The number of phenols is 12. The molecule has 4 aromatic rings. The molecule has 0 fully saturated rings. The van der Waals surface area contributed by atoms with Gasteiger partial charge in [0.25, 0.3) is 0 Å². The molecule has 0 atom stereocenters. The van der Waals surface area contributed by atoms with Crippen LogP contribution < -0.4 is 0 Å². The second-order valence-corrected chi connectivity index (χ2v) is 19.7. The van der Waals surface area contributed by atoms with Gasteiger partial charge in [-0.3, -0.25) is 0 Å². The van der Waals surface area contributed by atoms with Crippen LogP contribution in [-0.4, -0.2) is 61.3 Å². The second-order valence-electron chi connectivity index (χ2n) is 19.7. The number of aromatic hydroxyl groups is 12. The average Bonchev–Trinajstić information content (AvgIpc) is 3.31. The Kier molecular flexibility index (Phi) is 18.2. The first-order chi connectivity index (χ1) is 32.5. The summed E-state index contributed by atoms with van der Waals surface area (Å²) in [6.45, 7) is 16.0. The Morgan fingerprint density at radius 1 is 0.235 bits per heavy atom. The number of hydrogen-bond donors (Lipinski definition) is 12. The molecule has 0 amide bonds. The van der Waals surface area contributed by atoms with Crippen molar-refractivity contribution in [2.24, 2.45) is 23.7 Å². The lowest BCUT2D eigenvalue weighted by molar-refractivity contribution is 0.319. The van der Waals surface area contributed by atoms with Crippen LogP contribution >= 0.6 is 0 Å². The van der Waals surface area contributed by atoms with Crippen LogP contribution in [0.2, 0.25) is 0 Å². The van der Waals surface area contributed by atoms with E-state index in [0.29, 0.717) is 103 Å². The average molecular weight is 945 g/mol. The predicted molar refractivity (Wildman–Crippen MR) is 266 cm³/mol. The molecule has 12 nitrogen and oxygen atoms in total. The summed E-state index contributed by atoms with van der Waals surface area (Å²) in [5, 5.41) is 145. The molecule has 0 saturated heterocycles. The standard InChI is InChI=1S/C56H80O12/c1-9-17-29(18-10-2)41-33-25-35(47(59)53(65)45(33)57)42(30(19-11-3)20-12-4)37-27-39(51(63)55(67)49(37)61)44(32(23-15-7)24-16-8)40-28-38(50(62)56(68)52(40)64)43(31(21-13-5)22-14-6)36-26-34(41)46(58)54(66)48(36)60/h25-32,41-44,57-68H,9-24H2,1-8H3. The molecule has 0 spiro atoms. The van der Waals surface area contributed by atoms with Gasteiger partial charge in [-0.15, -0.1) is 0 Å². The minimum absolute atomic E-state index is 0.103. The van der Waals surface area contributed by atoms with Crippen molar-refractivity contribution in [3.8, 4) is 69.0 Å². The van der Waals surface area contributed by atoms with Crippen molar-refractivity contribution in [1.82, 2.24) is 0 Å². The van der Waals surface area contributed by atoms with Gasteiger partial charge in [-0.1, -0.05) is 107 Å². The zero-order valence-electron chi connectivity index (χ0n) is 41.6. The van der Waals surface area contributed by atoms with Gasteiger partial charge >= 0.3 is 0 Å². The molecule has 8 bridgehead atoms. The Bertz CT molecular complexity index is 1890. The van der Waals surface area contributed by atoms with Crippen LogP contribution in [0.4, 0.5) is 0 Å². The van der Waals surface area contributed by atoms with Crippen LogP contribution in [0.25, 0.3) is 0 Å². The van der Waals surface area contributed by atoms with Gasteiger partial charge in [-0.25, -0.2) is 0 Å². The molecular weight excluding hydrogens is 865 g/mol. The van der Waals surface area contributed by atoms with Crippen molar-refractivity contribution in [3.63, 3.8) is 0 Å². The van der Waals surface area contributed by atoms with Crippen LogP contribution in [0.15, 0.2) is 24.3 Å². The van der Waals surface area contributed by atoms with E-state index in [1.807, 2.05) is 55.4 Å². The third-order valence-corrected chi connectivity index (χ3v) is 15.1.